The van der Waals surface area contributed by atoms with Gasteiger partial charge in [0.15, 0.2) is 23.3 Å². The van der Waals surface area contributed by atoms with Crippen molar-refractivity contribution in [3.8, 4) is 45.6 Å². The molecule has 0 radical (unpaired) electrons. The molecule has 414 valence electrons. The minimum Gasteiger partial charge on any atom is -0.324 e. The van der Waals surface area contributed by atoms with Gasteiger partial charge in [0.2, 0.25) is 0 Å². The van der Waals surface area contributed by atoms with Crippen molar-refractivity contribution in [3.63, 3.8) is 0 Å². The fourth-order valence-corrected chi connectivity index (χ4v) is 15.6. The van der Waals surface area contributed by atoms with Crippen molar-refractivity contribution in [3.05, 3.63) is 65.3 Å². The maximum Gasteiger partial charge on any atom is 0.397 e. The van der Waals surface area contributed by atoms with Crippen LogP contribution in [0, 0.1) is 0 Å². The molecule has 0 fully saturated rings. The van der Waals surface area contributed by atoms with Gasteiger partial charge in [0, 0.05) is 60.9 Å². The fraction of sp³-hybridized carbons (Fsp3) is 0.179. The topological polar surface area (TPSA) is 289 Å². The third-order valence-corrected chi connectivity index (χ3v) is 21.5. The Morgan fingerprint density at radius 3 is 1.12 bits per heavy atom. The van der Waals surface area contributed by atoms with Crippen molar-refractivity contribution in [2.45, 2.75) is 14.7 Å². The molecule has 3 aromatic heterocycles. The Bertz CT molecular complexity index is 4350. The highest BCUT2D eigenvalue weighted by Crippen LogP contribution is 2.56. The first-order valence-electron chi connectivity index (χ1n) is 20.4. The monoisotopic (exact) mass is 1440 g/mol. The minimum atomic E-state index is -4.90. The third-order valence-electron chi connectivity index (χ3n) is 10.8. The molecule has 7 aromatic rings. The quantitative estimate of drug-likeness (QED) is 0.0244. The van der Waals surface area contributed by atoms with Crippen molar-refractivity contribution >= 4 is 261 Å². The summed E-state index contributed by atoms with van der Waals surface area (Å²) >= 11 is 92.8. The zero-order valence-corrected chi connectivity index (χ0v) is 52.0. The van der Waals surface area contributed by atoms with E-state index in [1.165, 1.54) is 11.6 Å². The molecule has 39 heteroatoms. The zero-order valence-electron chi connectivity index (χ0n) is 37.3. The number of nitrogens with one attached hydrogen (secondary N) is 1. The van der Waals surface area contributed by atoms with Crippen LogP contribution in [0.5, 0.6) is 0 Å². The predicted molar refractivity (Wildman–Crippen MR) is 310 cm³/mol. The lowest BCUT2D eigenvalue weighted by atomic mass is 10.1. The van der Waals surface area contributed by atoms with E-state index in [0.717, 1.165) is 35.3 Å². The molecule has 0 aliphatic carbocycles. The maximum atomic E-state index is 11.6. The second-order valence-corrected chi connectivity index (χ2v) is 26.9. The van der Waals surface area contributed by atoms with Crippen molar-refractivity contribution < 1.29 is 51.5 Å². The summed E-state index contributed by atoms with van der Waals surface area (Å²) < 4.78 is 112. The van der Waals surface area contributed by atoms with Gasteiger partial charge in [-0.15, -0.1) is 35.3 Å². The summed E-state index contributed by atoms with van der Waals surface area (Å²) in [6.45, 7) is -1.73. The minimum absolute atomic E-state index is 0.000743. The van der Waals surface area contributed by atoms with Crippen LogP contribution in [0.1, 0.15) is 0 Å². The molecule has 9 rings (SSSR count). The average molecular weight is 1440 g/mol. The van der Waals surface area contributed by atoms with Gasteiger partial charge < -0.3 is 9.55 Å². The van der Waals surface area contributed by atoms with Gasteiger partial charge in [-0.25, -0.2) is 42.5 Å². The normalized spacial score (nSPS) is 12.8. The number of benzene rings is 4. The molecule has 2 aliphatic heterocycles. The van der Waals surface area contributed by atoms with Gasteiger partial charge in [-0.2, -0.15) is 25.3 Å². The Morgan fingerprint density at radius 1 is 0.397 bits per heavy atom. The number of hydrogen-bond acceptors (Lipinski definition) is 18. The molecule has 4 N–H and O–H groups in total. The Labute approximate surface area is 516 Å². The standard InChI is InChI=1S/C39H19Cl13N8O12S6/c1-60-38-11-12(20(44)22(46)21(45)19(11)43)39(60)59-37-15-9(17(41)24(48)28(52)31(15)75-7-4-72-78(67,68)69)33(56-37)55-35-13-8(16(40)23(47)26(50)29(13)73-5-2-70-76(61,62)63)32(53-35)54-36-14-10(34(57-36)58-38)18(42)25(49)27(51)30(14)74-6-3-71-77(64,65)66/h2-7H2,1H3,(H,61,62,63)(H,64,65,66)(H,67,68,69)(H,53,54,55,56,57,58,59). The first-order chi connectivity index (χ1) is 36.4. The average Bonchev–Trinajstić information content (AvgIpc) is 4.09. The van der Waals surface area contributed by atoms with Gasteiger partial charge in [-0.3, -0.25) is 13.7 Å². The molecule has 8 bridgehead atoms. The maximum absolute atomic E-state index is 11.6. The van der Waals surface area contributed by atoms with E-state index in [4.69, 9.17) is 181 Å². The van der Waals surface area contributed by atoms with Crippen LogP contribution in [-0.2, 0) is 50.8 Å². The van der Waals surface area contributed by atoms with E-state index < -0.39 is 51.0 Å². The number of hydrogen-bond donors (Lipinski definition) is 4. The smallest absolute Gasteiger partial charge is 0.324 e. The number of fused-ring (bicyclic) bond motifs is 20. The molecule has 78 heavy (non-hydrogen) atoms. The van der Waals surface area contributed by atoms with Crippen LogP contribution >= 0.6 is 186 Å². The number of aryl methyl sites for hydroxylation is 1. The lowest BCUT2D eigenvalue weighted by Crippen LogP contribution is -2.06. The van der Waals surface area contributed by atoms with E-state index in [-0.39, 0.29) is 187 Å². The van der Waals surface area contributed by atoms with E-state index in [1.54, 1.807) is 0 Å². The molecule has 0 saturated heterocycles. The highest BCUT2D eigenvalue weighted by Gasteiger charge is 2.35. The molecule has 2 aliphatic rings. The molecule has 0 amide bonds. The number of aromatic nitrogens is 8. The van der Waals surface area contributed by atoms with Crippen LogP contribution in [0.25, 0.3) is 89.7 Å². The molecule has 4 aromatic carbocycles. The third kappa shape index (κ3) is 11.6. The summed E-state index contributed by atoms with van der Waals surface area (Å²) in [4.78, 5) is 33.0. The van der Waals surface area contributed by atoms with Crippen molar-refractivity contribution in [2.75, 3.05) is 37.1 Å². The van der Waals surface area contributed by atoms with Gasteiger partial charge >= 0.3 is 31.2 Å². The second kappa shape index (κ2) is 23.3. The first kappa shape index (κ1) is 61.2. The number of thioether (sulfide) groups is 3. The Balaban J connectivity index is 1.51. The largest absolute Gasteiger partial charge is 0.397 e. The molecule has 0 unspecified atom stereocenters. The number of aromatic amines is 1. The van der Waals surface area contributed by atoms with Crippen LogP contribution in [0.15, 0.2) is 14.7 Å². The summed E-state index contributed by atoms with van der Waals surface area (Å²) in [5.41, 5.74) is -0.348. The summed E-state index contributed by atoms with van der Waals surface area (Å²) in [5, 5.41) is -2.44. The van der Waals surface area contributed by atoms with Crippen molar-refractivity contribution in [1.82, 2.24) is 39.5 Å². The number of halogens is 13. The van der Waals surface area contributed by atoms with Crippen LogP contribution < -0.4 is 0 Å². The van der Waals surface area contributed by atoms with Crippen molar-refractivity contribution in [2.24, 2.45) is 7.05 Å². The lowest BCUT2D eigenvalue weighted by Gasteiger charge is -2.14. The Kier molecular flexibility index (Phi) is 18.3. The molecule has 5 heterocycles. The number of nitrogens with zero attached hydrogens (tertiary/aromatic N) is 7. The lowest BCUT2D eigenvalue weighted by molar-refractivity contribution is 0.283. The zero-order chi connectivity index (χ0) is 57.0. The van der Waals surface area contributed by atoms with E-state index >= 15 is 0 Å². The van der Waals surface area contributed by atoms with Gasteiger partial charge in [0.1, 0.15) is 22.6 Å². The first-order valence-corrected chi connectivity index (χ1v) is 32.4. The highest BCUT2D eigenvalue weighted by atomic mass is 35.5. The number of rotatable bonds is 15. The van der Waals surface area contributed by atoms with Crippen LogP contribution in [0.3, 0.4) is 0 Å². The van der Waals surface area contributed by atoms with Gasteiger partial charge in [0.25, 0.3) is 0 Å². The van der Waals surface area contributed by atoms with E-state index in [2.05, 4.69) is 17.5 Å². The molecular formula is C39H19Cl13N8O12S6. The molecule has 0 saturated carbocycles. The summed E-state index contributed by atoms with van der Waals surface area (Å²) in [7, 11) is -13.2. The number of H-pyrrole nitrogens is 1. The van der Waals surface area contributed by atoms with Crippen LogP contribution in [0.4, 0.5) is 0 Å². The summed E-state index contributed by atoms with van der Waals surface area (Å²) in [5.74, 6) is -1.49. The van der Waals surface area contributed by atoms with E-state index in [9.17, 15) is 38.9 Å². The van der Waals surface area contributed by atoms with Gasteiger partial charge in [0.05, 0.1) is 107 Å². The van der Waals surface area contributed by atoms with E-state index in [1.807, 2.05) is 0 Å². The molecule has 0 atom stereocenters. The second-order valence-electron chi connectivity index (χ2n) is 15.4. The van der Waals surface area contributed by atoms with Crippen LogP contribution in [-0.4, -0.2) is 115 Å². The Hall–Kier alpha value is -1.33. The molecular weight excluding hydrogens is 1430 g/mol. The van der Waals surface area contributed by atoms with Gasteiger partial charge in [-0.1, -0.05) is 151 Å². The highest BCUT2D eigenvalue weighted by molar-refractivity contribution is 8.00. The summed E-state index contributed by atoms with van der Waals surface area (Å²) in [6, 6.07) is 0. The van der Waals surface area contributed by atoms with Crippen molar-refractivity contribution in [1.29, 1.82) is 0 Å². The Morgan fingerprint density at radius 2 is 0.705 bits per heavy atom. The summed E-state index contributed by atoms with van der Waals surface area (Å²) in [6.07, 6.45) is 0. The van der Waals surface area contributed by atoms with Gasteiger partial charge in [-0.05, 0) is 0 Å². The fourth-order valence-electron chi connectivity index (χ4n) is 7.78. The SMILES string of the molecule is Cn1c2nc3nc(nc4[nH]c(nc5nc(nc1c1c(Cl)c(Cl)c(Cl)c(Cl)c12)-c1c(SCCOS(=O)(=O)O)c(Cl)c(Cl)c(Cl)c1-5)c1c(SCCOS(=O)(=O)O)c(Cl)c(Cl)c(Cl)c41)-c1c(SCCOS(=O)(=O)O)c(Cl)c(Cl)c(Cl)c1-3. The molecule has 0 spiro atoms. The molecule has 20 nitrogen and oxygen atoms in total. The van der Waals surface area contributed by atoms with Crippen LogP contribution in [0.2, 0.25) is 65.3 Å². The van der Waals surface area contributed by atoms with E-state index in [0.29, 0.717) is 0 Å². The predicted octanol–water partition coefficient (Wildman–Crippen LogP) is 15.1.